The Morgan fingerprint density at radius 2 is 1.88 bits per heavy atom. The lowest BCUT2D eigenvalue weighted by molar-refractivity contribution is 0.0421. The Balaban J connectivity index is 1.39. The number of halogens is 1. The molecule has 1 saturated heterocycles. The van der Waals surface area contributed by atoms with E-state index >= 15 is 4.39 Å². The first-order valence-electron chi connectivity index (χ1n) is 12.0. The summed E-state index contributed by atoms with van der Waals surface area (Å²) in [7, 11) is 0. The average molecular weight is 457 g/mol. The largest absolute Gasteiger partial charge is 0.342 e. The molecule has 0 radical (unpaired) electrons. The van der Waals surface area contributed by atoms with Crippen LogP contribution in [-0.4, -0.2) is 33.9 Å². The molecule has 2 heterocycles. The summed E-state index contributed by atoms with van der Waals surface area (Å²) in [6.45, 7) is 4.64. The number of nitriles is 1. The van der Waals surface area contributed by atoms with Gasteiger partial charge in [-0.05, 0) is 67.5 Å². The van der Waals surface area contributed by atoms with Crippen LogP contribution in [0, 0.1) is 25.2 Å². The van der Waals surface area contributed by atoms with Gasteiger partial charge in [0.15, 0.2) is 0 Å². The van der Waals surface area contributed by atoms with Crippen molar-refractivity contribution in [3.05, 3.63) is 76.2 Å². The molecule has 2 aromatic carbocycles. The number of carbonyl (C=O) groups excluding carboxylic acids is 1. The van der Waals surface area contributed by atoms with Crippen molar-refractivity contribution < 1.29 is 9.18 Å². The van der Waals surface area contributed by atoms with Crippen molar-refractivity contribution in [3.8, 4) is 17.3 Å². The van der Waals surface area contributed by atoms with E-state index in [9.17, 15) is 4.79 Å². The van der Waals surface area contributed by atoms with E-state index in [0.717, 1.165) is 22.6 Å². The van der Waals surface area contributed by atoms with E-state index in [0.29, 0.717) is 35.7 Å². The van der Waals surface area contributed by atoms with E-state index in [1.807, 2.05) is 26.1 Å². The summed E-state index contributed by atoms with van der Waals surface area (Å²) in [5.74, 6) is 1.33. The summed E-state index contributed by atoms with van der Waals surface area (Å²) in [4.78, 5) is 23.0. The molecule has 2 fully saturated rings. The number of hydrogen-bond acceptors (Lipinski definition) is 3. The van der Waals surface area contributed by atoms with Crippen LogP contribution in [0.3, 0.4) is 0 Å². The van der Waals surface area contributed by atoms with Crippen LogP contribution < -0.4 is 0 Å². The monoisotopic (exact) mass is 456 g/mol. The second-order valence-electron chi connectivity index (χ2n) is 9.71. The molecule has 3 aromatic rings. The van der Waals surface area contributed by atoms with E-state index in [4.69, 9.17) is 5.26 Å². The maximum Gasteiger partial charge on any atom is 0.254 e. The standard InChI is InChI=1S/C28H29FN4O/c1-18-14-24(21-4-3-5-21)25(26-17-31-19(2)32-26)15-23(18)27(34)33-12-10-28(29,11-13-33)22-8-6-20(16-30)7-9-22/h6-9,14-15,17,21H,3-5,10-13H2,1-2H3,(H,31,32). The number of benzene rings is 2. The fraction of sp³-hybridized carbons (Fsp3) is 0.393. The van der Waals surface area contributed by atoms with Crippen molar-refractivity contribution in [1.29, 1.82) is 5.26 Å². The minimum Gasteiger partial charge on any atom is -0.342 e. The van der Waals surface area contributed by atoms with Crippen LogP contribution in [0.1, 0.15) is 76.5 Å². The van der Waals surface area contributed by atoms with E-state index in [-0.39, 0.29) is 18.7 Å². The quantitative estimate of drug-likeness (QED) is 0.528. The molecule has 1 aliphatic heterocycles. The summed E-state index contributed by atoms with van der Waals surface area (Å²) >= 11 is 0. The minimum absolute atomic E-state index is 0.0444. The molecule has 6 heteroatoms. The molecule has 174 valence electrons. The highest BCUT2D eigenvalue weighted by Crippen LogP contribution is 2.42. The number of H-pyrrole nitrogens is 1. The summed E-state index contributed by atoms with van der Waals surface area (Å²) in [6, 6.07) is 12.9. The Labute approximate surface area is 199 Å². The lowest BCUT2D eigenvalue weighted by Gasteiger charge is -2.37. The fourth-order valence-electron chi connectivity index (χ4n) is 5.18. The first kappa shape index (κ1) is 22.3. The predicted octanol–water partition coefficient (Wildman–Crippen LogP) is 5.93. The Morgan fingerprint density at radius 3 is 2.44 bits per heavy atom. The summed E-state index contributed by atoms with van der Waals surface area (Å²) < 4.78 is 15.7. The zero-order valence-electron chi connectivity index (χ0n) is 19.7. The molecule has 1 saturated carbocycles. The number of rotatable bonds is 4. The zero-order chi connectivity index (χ0) is 23.9. The lowest BCUT2D eigenvalue weighted by atomic mass is 9.76. The normalized spacial score (nSPS) is 17.8. The smallest absolute Gasteiger partial charge is 0.254 e. The van der Waals surface area contributed by atoms with Gasteiger partial charge in [0.05, 0.1) is 23.5 Å². The second kappa shape index (κ2) is 8.72. The molecule has 0 spiro atoms. The molecule has 0 atom stereocenters. The molecule has 0 unspecified atom stereocenters. The molecular weight excluding hydrogens is 427 g/mol. The topological polar surface area (TPSA) is 72.8 Å². The van der Waals surface area contributed by atoms with Crippen LogP contribution in [0.2, 0.25) is 0 Å². The SMILES string of the molecule is Cc1ncc(-c2cc(C(=O)N3CCC(F)(c4ccc(C#N)cc4)CC3)c(C)cc2C2CCC2)[nH]1. The van der Waals surface area contributed by atoms with Crippen LogP contribution in [0.5, 0.6) is 0 Å². The molecule has 34 heavy (non-hydrogen) atoms. The van der Waals surface area contributed by atoms with Crippen LogP contribution in [0.15, 0.2) is 42.6 Å². The van der Waals surface area contributed by atoms with Gasteiger partial charge in [-0.2, -0.15) is 5.26 Å². The van der Waals surface area contributed by atoms with Gasteiger partial charge < -0.3 is 9.88 Å². The van der Waals surface area contributed by atoms with Gasteiger partial charge in [-0.3, -0.25) is 4.79 Å². The second-order valence-corrected chi connectivity index (χ2v) is 9.71. The molecular formula is C28H29FN4O. The number of hydrogen-bond donors (Lipinski definition) is 1. The predicted molar refractivity (Wildman–Crippen MR) is 129 cm³/mol. The third kappa shape index (κ3) is 4.00. The molecule has 0 bridgehead atoms. The van der Waals surface area contributed by atoms with Crippen LogP contribution in [0.4, 0.5) is 4.39 Å². The maximum atomic E-state index is 15.7. The van der Waals surface area contributed by atoms with Gasteiger partial charge in [0, 0.05) is 37.1 Å². The minimum atomic E-state index is -1.48. The first-order valence-corrected chi connectivity index (χ1v) is 12.0. The van der Waals surface area contributed by atoms with Crippen molar-refractivity contribution in [3.63, 3.8) is 0 Å². The molecule has 5 rings (SSSR count). The lowest BCUT2D eigenvalue weighted by Crippen LogP contribution is -2.43. The highest BCUT2D eigenvalue weighted by molar-refractivity contribution is 5.97. The summed E-state index contributed by atoms with van der Waals surface area (Å²) in [6.07, 6.45) is 5.92. The number of aryl methyl sites for hydroxylation is 2. The first-order chi connectivity index (χ1) is 16.4. The highest BCUT2D eigenvalue weighted by Gasteiger charge is 2.38. The number of piperidine rings is 1. The molecule has 1 N–H and O–H groups in total. The van der Waals surface area contributed by atoms with Crippen LogP contribution in [0.25, 0.3) is 11.3 Å². The third-order valence-electron chi connectivity index (χ3n) is 7.54. The van der Waals surface area contributed by atoms with Gasteiger partial charge in [0.2, 0.25) is 0 Å². The number of amides is 1. The van der Waals surface area contributed by atoms with E-state index < -0.39 is 5.67 Å². The van der Waals surface area contributed by atoms with Crippen molar-refractivity contribution in [1.82, 2.24) is 14.9 Å². The fourth-order valence-corrected chi connectivity index (χ4v) is 5.18. The summed E-state index contributed by atoms with van der Waals surface area (Å²) in [5, 5.41) is 8.99. The molecule has 1 aliphatic carbocycles. The van der Waals surface area contributed by atoms with E-state index in [2.05, 4.69) is 22.1 Å². The Hall–Kier alpha value is -3.46. The number of likely N-dealkylation sites (tertiary alicyclic amines) is 1. The van der Waals surface area contributed by atoms with Gasteiger partial charge in [-0.1, -0.05) is 24.6 Å². The van der Waals surface area contributed by atoms with Crippen LogP contribution in [-0.2, 0) is 5.67 Å². The highest BCUT2D eigenvalue weighted by atomic mass is 19.1. The van der Waals surface area contributed by atoms with Gasteiger partial charge in [-0.25, -0.2) is 9.37 Å². The number of carbonyl (C=O) groups is 1. The van der Waals surface area contributed by atoms with Gasteiger partial charge in [0.1, 0.15) is 11.5 Å². The average Bonchev–Trinajstić information content (AvgIpc) is 3.24. The van der Waals surface area contributed by atoms with E-state index in [1.165, 1.54) is 24.8 Å². The number of aromatic nitrogens is 2. The van der Waals surface area contributed by atoms with Crippen molar-refractivity contribution in [2.24, 2.45) is 0 Å². The third-order valence-corrected chi connectivity index (χ3v) is 7.54. The molecule has 1 amide bonds. The van der Waals surface area contributed by atoms with Gasteiger partial charge >= 0.3 is 0 Å². The van der Waals surface area contributed by atoms with E-state index in [1.54, 1.807) is 29.2 Å². The maximum absolute atomic E-state index is 15.7. The Bertz CT molecular complexity index is 1260. The molecule has 1 aromatic heterocycles. The van der Waals surface area contributed by atoms with Crippen molar-refractivity contribution in [2.45, 2.75) is 57.5 Å². The Morgan fingerprint density at radius 1 is 1.18 bits per heavy atom. The van der Waals surface area contributed by atoms with Crippen LogP contribution >= 0.6 is 0 Å². The van der Waals surface area contributed by atoms with Gasteiger partial charge in [0.25, 0.3) is 5.91 Å². The Kier molecular flexibility index (Phi) is 5.73. The molecule has 5 nitrogen and oxygen atoms in total. The van der Waals surface area contributed by atoms with Crippen molar-refractivity contribution in [2.75, 3.05) is 13.1 Å². The zero-order valence-corrected chi connectivity index (χ0v) is 19.7. The summed E-state index contributed by atoms with van der Waals surface area (Å²) in [5.41, 5.74) is 4.54. The number of nitrogens with zero attached hydrogens (tertiary/aromatic N) is 3. The van der Waals surface area contributed by atoms with Gasteiger partial charge in [-0.15, -0.1) is 0 Å². The number of alkyl halides is 1. The number of aromatic amines is 1. The van der Waals surface area contributed by atoms with Crippen molar-refractivity contribution >= 4 is 5.91 Å². The number of imidazole rings is 1. The number of nitrogens with one attached hydrogen (secondary N) is 1. The molecule has 2 aliphatic rings.